The average Bonchev–Trinajstić information content (AvgIpc) is 3.06. The Hall–Kier alpha value is -3.28. The van der Waals surface area contributed by atoms with Crippen LogP contribution >= 0.6 is 0 Å². The zero-order valence-electron chi connectivity index (χ0n) is 17.4. The molecule has 0 spiro atoms. The maximum atomic E-state index is 12.8. The SMILES string of the molecule is COc1ccc(C(C)NC(=O)c2noc(C)c2COc2cc(C)cc(C)c2)cc1. The molecule has 1 N–H and O–H groups in total. The number of aromatic nitrogens is 1. The topological polar surface area (TPSA) is 73.6 Å². The summed E-state index contributed by atoms with van der Waals surface area (Å²) in [6.45, 7) is 7.93. The summed E-state index contributed by atoms with van der Waals surface area (Å²) >= 11 is 0. The Morgan fingerprint density at radius 1 is 1.07 bits per heavy atom. The molecule has 0 aliphatic heterocycles. The lowest BCUT2D eigenvalue weighted by atomic mass is 10.1. The highest BCUT2D eigenvalue weighted by atomic mass is 16.5. The van der Waals surface area contributed by atoms with Crippen LogP contribution in [0.2, 0.25) is 0 Å². The van der Waals surface area contributed by atoms with E-state index >= 15 is 0 Å². The van der Waals surface area contributed by atoms with Crippen LogP contribution in [-0.2, 0) is 6.61 Å². The van der Waals surface area contributed by atoms with Gasteiger partial charge in [-0.2, -0.15) is 0 Å². The summed E-state index contributed by atoms with van der Waals surface area (Å²) in [4.78, 5) is 12.8. The first kappa shape index (κ1) is 20.5. The molecule has 0 aliphatic carbocycles. The second-order valence-electron chi connectivity index (χ2n) is 7.15. The van der Waals surface area contributed by atoms with E-state index in [1.165, 1.54) is 0 Å². The number of hydrogen-bond acceptors (Lipinski definition) is 5. The van der Waals surface area contributed by atoms with Crippen molar-refractivity contribution in [3.05, 3.63) is 76.2 Å². The molecular weight excluding hydrogens is 368 g/mol. The van der Waals surface area contributed by atoms with Gasteiger partial charge in [-0.15, -0.1) is 0 Å². The average molecular weight is 394 g/mol. The Balaban J connectivity index is 1.71. The van der Waals surface area contributed by atoms with Crippen molar-refractivity contribution < 1.29 is 18.8 Å². The maximum Gasteiger partial charge on any atom is 0.274 e. The Labute approximate surface area is 170 Å². The monoisotopic (exact) mass is 394 g/mol. The molecule has 1 aromatic heterocycles. The number of ether oxygens (including phenoxy) is 2. The highest BCUT2D eigenvalue weighted by Crippen LogP contribution is 2.22. The van der Waals surface area contributed by atoms with E-state index in [4.69, 9.17) is 14.0 Å². The minimum atomic E-state index is -0.302. The van der Waals surface area contributed by atoms with Gasteiger partial charge >= 0.3 is 0 Å². The summed E-state index contributed by atoms with van der Waals surface area (Å²) in [6, 6.07) is 13.4. The van der Waals surface area contributed by atoms with Gasteiger partial charge in [0.25, 0.3) is 5.91 Å². The minimum Gasteiger partial charge on any atom is -0.497 e. The van der Waals surface area contributed by atoms with Crippen molar-refractivity contribution in [3.63, 3.8) is 0 Å². The quantitative estimate of drug-likeness (QED) is 0.630. The number of methoxy groups -OCH3 is 1. The van der Waals surface area contributed by atoms with Gasteiger partial charge in [0.2, 0.25) is 0 Å². The van der Waals surface area contributed by atoms with Crippen molar-refractivity contribution in [1.82, 2.24) is 10.5 Å². The lowest BCUT2D eigenvalue weighted by Crippen LogP contribution is -2.28. The van der Waals surface area contributed by atoms with E-state index in [-0.39, 0.29) is 24.2 Å². The second-order valence-corrected chi connectivity index (χ2v) is 7.15. The molecular formula is C23H26N2O4. The van der Waals surface area contributed by atoms with Crippen molar-refractivity contribution >= 4 is 5.91 Å². The van der Waals surface area contributed by atoms with Crippen LogP contribution in [-0.4, -0.2) is 18.2 Å². The molecule has 29 heavy (non-hydrogen) atoms. The van der Waals surface area contributed by atoms with Crippen molar-refractivity contribution in [3.8, 4) is 11.5 Å². The van der Waals surface area contributed by atoms with E-state index in [1.54, 1.807) is 14.0 Å². The number of hydrogen-bond donors (Lipinski definition) is 1. The molecule has 1 heterocycles. The molecule has 6 heteroatoms. The Bertz CT molecular complexity index is 972. The van der Waals surface area contributed by atoms with Crippen LogP contribution in [0.25, 0.3) is 0 Å². The third-order valence-electron chi connectivity index (χ3n) is 4.74. The van der Waals surface area contributed by atoms with Crippen molar-refractivity contribution in [2.24, 2.45) is 0 Å². The molecule has 6 nitrogen and oxygen atoms in total. The number of benzene rings is 2. The molecule has 1 atom stereocenters. The van der Waals surface area contributed by atoms with Gasteiger partial charge in [0, 0.05) is 0 Å². The molecule has 2 aromatic carbocycles. The van der Waals surface area contributed by atoms with Crippen LogP contribution in [0.4, 0.5) is 0 Å². The smallest absolute Gasteiger partial charge is 0.274 e. The predicted molar refractivity (Wildman–Crippen MR) is 110 cm³/mol. The number of nitrogens with one attached hydrogen (secondary N) is 1. The largest absolute Gasteiger partial charge is 0.497 e. The summed E-state index contributed by atoms with van der Waals surface area (Å²) in [5.41, 5.74) is 4.09. The first-order valence-corrected chi connectivity index (χ1v) is 9.48. The van der Waals surface area contributed by atoms with E-state index in [2.05, 4.69) is 16.5 Å². The van der Waals surface area contributed by atoms with E-state index in [1.807, 2.05) is 57.2 Å². The predicted octanol–water partition coefficient (Wildman–Crippen LogP) is 4.68. The van der Waals surface area contributed by atoms with Gasteiger partial charge in [0.05, 0.1) is 18.7 Å². The molecule has 3 aromatic rings. The molecule has 3 rings (SSSR count). The van der Waals surface area contributed by atoms with Gasteiger partial charge in [-0.3, -0.25) is 4.79 Å². The standard InChI is InChI=1S/C23H26N2O4/c1-14-10-15(2)12-20(11-14)28-13-21-17(4)29-25-22(21)23(26)24-16(3)18-6-8-19(27-5)9-7-18/h6-12,16H,13H2,1-5H3,(H,24,26). The zero-order chi connectivity index (χ0) is 21.0. The zero-order valence-corrected chi connectivity index (χ0v) is 17.4. The van der Waals surface area contributed by atoms with Gasteiger partial charge in [0.15, 0.2) is 5.69 Å². The molecule has 152 valence electrons. The minimum absolute atomic E-state index is 0.196. The van der Waals surface area contributed by atoms with E-state index < -0.39 is 0 Å². The van der Waals surface area contributed by atoms with E-state index in [9.17, 15) is 4.79 Å². The fourth-order valence-electron chi connectivity index (χ4n) is 3.15. The van der Waals surface area contributed by atoms with Gasteiger partial charge in [0.1, 0.15) is 23.9 Å². The highest BCUT2D eigenvalue weighted by Gasteiger charge is 2.22. The summed E-state index contributed by atoms with van der Waals surface area (Å²) in [5.74, 6) is 1.78. The fourth-order valence-corrected chi connectivity index (χ4v) is 3.15. The maximum absolute atomic E-state index is 12.8. The number of amides is 1. The third kappa shape index (κ3) is 4.96. The third-order valence-corrected chi connectivity index (χ3v) is 4.74. The normalized spacial score (nSPS) is 11.8. The number of carbonyl (C=O) groups is 1. The van der Waals surface area contributed by atoms with Crippen LogP contribution in [0, 0.1) is 20.8 Å². The number of carbonyl (C=O) groups excluding carboxylic acids is 1. The molecule has 0 radical (unpaired) electrons. The molecule has 0 fully saturated rings. The van der Waals surface area contributed by atoms with Crippen LogP contribution in [0.15, 0.2) is 47.0 Å². The fraction of sp³-hybridized carbons (Fsp3) is 0.304. The molecule has 1 amide bonds. The van der Waals surface area contributed by atoms with E-state index in [0.717, 1.165) is 28.2 Å². The van der Waals surface area contributed by atoms with Crippen LogP contribution in [0.1, 0.15) is 51.5 Å². The second kappa shape index (κ2) is 8.82. The first-order valence-electron chi connectivity index (χ1n) is 9.48. The van der Waals surface area contributed by atoms with Gasteiger partial charge < -0.3 is 19.3 Å². The Morgan fingerprint density at radius 2 is 1.72 bits per heavy atom. The van der Waals surface area contributed by atoms with Crippen LogP contribution in [0.3, 0.4) is 0 Å². The van der Waals surface area contributed by atoms with Crippen molar-refractivity contribution in [2.75, 3.05) is 7.11 Å². The van der Waals surface area contributed by atoms with Gasteiger partial charge in [-0.1, -0.05) is 23.4 Å². The Kier molecular flexibility index (Phi) is 6.22. The summed E-state index contributed by atoms with van der Waals surface area (Å²) in [5, 5.41) is 6.91. The summed E-state index contributed by atoms with van der Waals surface area (Å²) < 4.78 is 16.3. The lowest BCUT2D eigenvalue weighted by molar-refractivity contribution is 0.0928. The summed E-state index contributed by atoms with van der Waals surface area (Å²) in [6.07, 6.45) is 0. The van der Waals surface area contributed by atoms with Crippen LogP contribution < -0.4 is 14.8 Å². The van der Waals surface area contributed by atoms with Gasteiger partial charge in [-0.25, -0.2) is 0 Å². The molecule has 0 saturated carbocycles. The molecule has 0 aliphatic rings. The van der Waals surface area contributed by atoms with Gasteiger partial charge in [-0.05, 0) is 68.7 Å². The Morgan fingerprint density at radius 3 is 2.34 bits per heavy atom. The van der Waals surface area contributed by atoms with Crippen molar-refractivity contribution in [1.29, 1.82) is 0 Å². The van der Waals surface area contributed by atoms with Crippen molar-refractivity contribution in [2.45, 2.75) is 40.3 Å². The van der Waals surface area contributed by atoms with Crippen LogP contribution in [0.5, 0.6) is 11.5 Å². The number of aryl methyl sites for hydroxylation is 3. The summed E-state index contributed by atoms with van der Waals surface area (Å²) in [7, 11) is 1.62. The number of rotatable bonds is 7. The molecule has 0 bridgehead atoms. The number of nitrogens with zero attached hydrogens (tertiary/aromatic N) is 1. The molecule has 1 unspecified atom stereocenters. The molecule has 0 saturated heterocycles. The van der Waals surface area contributed by atoms with E-state index in [0.29, 0.717) is 11.3 Å². The highest BCUT2D eigenvalue weighted by molar-refractivity contribution is 5.94. The lowest BCUT2D eigenvalue weighted by Gasteiger charge is -2.14. The first-order chi connectivity index (χ1) is 13.9.